The Labute approximate surface area is 116 Å². The van der Waals surface area contributed by atoms with Crippen LogP contribution < -0.4 is 11.1 Å². The van der Waals surface area contributed by atoms with Crippen molar-refractivity contribution in [1.82, 2.24) is 5.32 Å². The van der Waals surface area contributed by atoms with Gasteiger partial charge in [0.15, 0.2) is 0 Å². The average molecular weight is 266 g/mol. The van der Waals surface area contributed by atoms with E-state index in [1.165, 1.54) is 11.1 Å². The van der Waals surface area contributed by atoms with E-state index in [1.807, 2.05) is 0 Å². The molecule has 0 saturated carbocycles. The number of methoxy groups -OCH3 is 1. The van der Waals surface area contributed by atoms with Crippen molar-refractivity contribution in [2.24, 2.45) is 5.73 Å². The standard InChI is InChI=1S/C15H26N2O2/c1-19-12-13-5-7-14(8-6-13)15(11-16)17-9-3-2-4-10-18/h5-8,15,17-18H,2-4,9-12,16H2,1H3. The number of nitrogens with two attached hydrogens (primary N) is 1. The third kappa shape index (κ3) is 6.16. The molecule has 0 radical (unpaired) electrons. The van der Waals surface area contributed by atoms with Gasteiger partial charge in [0.25, 0.3) is 0 Å². The number of aliphatic hydroxyl groups excluding tert-OH is 1. The van der Waals surface area contributed by atoms with Gasteiger partial charge in [-0.2, -0.15) is 0 Å². The highest BCUT2D eigenvalue weighted by Gasteiger charge is 2.08. The first kappa shape index (κ1) is 16.1. The molecule has 0 fully saturated rings. The Morgan fingerprint density at radius 3 is 2.53 bits per heavy atom. The summed E-state index contributed by atoms with van der Waals surface area (Å²) in [5, 5.41) is 12.2. The fourth-order valence-corrected chi connectivity index (χ4v) is 2.04. The molecule has 1 rings (SSSR count). The number of nitrogens with one attached hydrogen (secondary N) is 1. The van der Waals surface area contributed by atoms with Crippen LogP contribution in [0, 0.1) is 0 Å². The monoisotopic (exact) mass is 266 g/mol. The number of rotatable bonds is 10. The zero-order chi connectivity index (χ0) is 13.9. The number of ether oxygens (including phenoxy) is 1. The van der Waals surface area contributed by atoms with E-state index >= 15 is 0 Å². The Bertz CT molecular complexity index is 327. The molecule has 0 bridgehead atoms. The van der Waals surface area contributed by atoms with Crippen molar-refractivity contribution in [3.05, 3.63) is 35.4 Å². The minimum absolute atomic E-state index is 0.200. The largest absolute Gasteiger partial charge is 0.396 e. The lowest BCUT2D eigenvalue weighted by Crippen LogP contribution is -2.29. The van der Waals surface area contributed by atoms with Gasteiger partial charge in [-0.25, -0.2) is 0 Å². The van der Waals surface area contributed by atoms with Gasteiger partial charge in [0.05, 0.1) is 6.61 Å². The van der Waals surface area contributed by atoms with Crippen molar-refractivity contribution in [3.8, 4) is 0 Å². The van der Waals surface area contributed by atoms with Gasteiger partial charge in [-0.1, -0.05) is 24.3 Å². The molecule has 0 aliphatic carbocycles. The summed E-state index contributed by atoms with van der Waals surface area (Å²) in [5.41, 5.74) is 8.20. The fraction of sp³-hybridized carbons (Fsp3) is 0.600. The summed E-state index contributed by atoms with van der Waals surface area (Å²) < 4.78 is 5.10. The number of aliphatic hydroxyl groups is 1. The van der Waals surface area contributed by atoms with Crippen molar-refractivity contribution in [2.45, 2.75) is 31.9 Å². The number of benzene rings is 1. The zero-order valence-electron chi connectivity index (χ0n) is 11.8. The number of hydrogen-bond donors (Lipinski definition) is 3. The second-order valence-corrected chi connectivity index (χ2v) is 4.70. The molecule has 108 valence electrons. The van der Waals surface area contributed by atoms with Crippen molar-refractivity contribution in [2.75, 3.05) is 26.8 Å². The lowest BCUT2D eigenvalue weighted by Gasteiger charge is -2.17. The van der Waals surface area contributed by atoms with Gasteiger partial charge in [-0.3, -0.25) is 0 Å². The molecule has 0 amide bonds. The zero-order valence-corrected chi connectivity index (χ0v) is 11.8. The molecule has 0 heterocycles. The maximum atomic E-state index is 8.72. The molecule has 1 atom stereocenters. The normalized spacial score (nSPS) is 12.6. The van der Waals surface area contributed by atoms with Gasteiger partial charge in [-0.05, 0) is 36.9 Å². The van der Waals surface area contributed by atoms with E-state index in [0.29, 0.717) is 13.2 Å². The van der Waals surface area contributed by atoms with E-state index in [9.17, 15) is 0 Å². The molecule has 0 aliphatic heterocycles. The molecule has 0 aromatic heterocycles. The lowest BCUT2D eigenvalue weighted by atomic mass is 10.0. The predicted molar refractivity (Wildman–Crippen MR) is 77.9 cm³/mol. The van der Waals surface area contributed by atoms with Gasteiger partial charge < -0.3 is 20.9 Å². The SMILES string of the molecule is COCc1ccc(C(CN)NCCCCCO)cc1. The molecule has 4 nitrogen and oxygen atoms in total. The van der Waals surface area contributed by atoms with Gasteiger partial charge in [0.1, 0.15) is 0 Å². The molecule has 1 aromatic carbocycles. The molecule has 0 aliphatic rings. The van der Waals surface area contributed by atoms with Gasteiger partial charge >= 0.3 is 0 Å². The maximum Gasteiger partial charge on any atom is 0.0713 e. The molecule has 1 unspecified atom stereocenters. The van der Waals surface area contributed by atoms with E-state index in [1.54, 1.807) is 7.11 Å². The van der Waals surface area contributed by atoms with Crippen LogP contribution >= 0.6 is 0 Å². The highest BCUT2D eigenvalue weighted by atomic mass is 16.5. The van der Waals surface area contributed by atoms with Crippen LogP contribution in [0.4, 0.5) is 0 Å². The first-order chi connectivity index (χ1) is 9.31. The van der Waals surface area contributed by atoms with Crippen molar-refractivity contribution in [3.63, 3.8) is 0 Å². The maximum absolute atomic E-state index is 8.72. The van der Waals surface area contributed by atoms with E-state index in [2.05, 4.69) is 29.6 Å². The van der Waals surface area contributed by atoms with Crippen LogP contribution in [0.25, 0.3) is 0 Å². The highest BCUT2D eigenvalue weighted by molar-refractivity contribution is 5.25. The van der Waals surface area contributed by atoms with E-state index in [-0.39, 0.29) is 12.6 Å². The predicted octanol–water partition coefficient (Wildman–Crippen LogP) is 1.58. The van der Waals surface area contributed by atoms with E-state index < -0.39 is 0 Å². The summed E-state index contributed by atoms with van der Waals surface area (Å²) in [6.07, 6.45) is 2.99. The lowest BCUT2D eigenvalue weighted by molar-refractivity contribution is 0.185. The first-order valence-corrected chi connectivity index (χ1v) is 6.94. The van der Waals surface area contributed by atoms with Crippen LogP contribution in [0.2, 0.25) is 0 Å². The summed E-state index contributed by atoms with van der Waals surface area (Å²) in [7, 11) is 1.70. The third-order valence-electron chi connectivity index (χ3n) is 3.15. The molecule has 19 heavy (non-hydrogen) atoms. The average Bonchev–Trinajstić information content (AvgIpc) is 2.44. The first-order valence-electron chi connectivity index (χ1n) is 6.94. The van der Waals surface area contributed by atoms with Crippen molar-refractivity contribution in [1.29, 1.82) is 0 Å². The number of hydrogen-bond acceptors (Lipinski definition) is 4. The summed E-state index contributed by atoms with van der Waals surface area (Å²) >= 11 is 0. The Morgan fingerprint density at radius 2 is 1.95 bits per heavy atom. The second kappa shape index (κ2) is 9.92. The summed E-state index contributed by atoms with van der Waals surface area (Å²) in [6.45, 7) is 2.44. The molecular formula is C15H26N2O2. The molecular weight excluding hydrogens is 240 g/mol. The Balaban J connectivity index is 2.40. The minimum atomic E-state index is 0.200. The van der Waals surface area contributed by atoms with E-state index in [0.717, 1.165) is 25.8 Å². The highest BCUT2D eigenvalue weighted by Crippen LogP contribution is 2.13. The van der Waals surface area contributed by atoms with Crippen LogP contribution in [-0.2, 0) is 11.3 Å². The van der Waals surface area contributed by atoms with Gasteiger partial charge in [0, 0.05) is 26.3 Å². The summed E-state index contributed by atoms with van der Waals surface area (Å²) in [4.78, 5) is 0. The summed E-state index contributed by atoms with van der Waals surface area (Å²) in [5.74, 6) is 0. The quantitative estimate of drug-likeness (QED) is 0.563. The van der Waals surface area contributed by atoms with Crippen molar-refractivity contribution >= 4 is 0 Å². The fourth-order valence-electron chi connectivity index (χ4n) is 2.04. The topological polar surface area (TPSA) is 67.5 Å². The van der Waals surface area contributed by atoms with Crippen molar-refractivity contribution < 1.29 is 9.84 Å². The smallest absolute Gasteiger partial charge is 0.0713 e. The molecule has 0 saturated heterocycles. The molecule has 1 aromatic rings. The Hall–Kier alpha value is -0.940. The summed E-state index contributed by atoms with van der Waals surface area (Å²) in [6, 6.07) is 8.56. The molecule has 4 N–H and O–H groups in total. The van der Waals surface area contributed by atoms with Crippen LogP contribution in [0.1, 0.15) is 36.4 Å². The van der Waals surface area contributed by atoms with Crippen LogP contribution in [0.15, 0.2) is 24.3 Å². The molecule has 0 spiro atoms. The number of unbranched alkanes of at least 4 members (excludes halogenated alkanes) is 2. The minimum Gasteiger partial charge on any atom is -0.396 e. The van der Waals surface area contributed by atoms with Gasteiger partial charge in [0.2, 0.25) is 0 Å². The third-order valence-corrected chi connectivity index (χ3v) is 3.15. The Morgan fingerprint density at radius 1 is 1.21 bits per heavy atom. The second-order valence-electron chi connectivity index (χ2n) is 4.70. The van der Waals surface area contributed by atoms with Crippen LogP contribution in [0.5, 0.6) is 0 Å². The molecule has 4 heteroatoms. The van der Waals surface area contributed by atoms with E-state index in [4.69, 9.17) is 15.6 Å². The van der Waals surface area contributed by atoms with Crippen LogP contribution in [-0.4, -0.2) is 31.9 Å². The Kier molecular flexibility index (Phi) is 8.41. The van der Waals surface area contributed by atoms with Crippen LogP contribution in [0.3, 0.4) is 0 Å². The van der Waals surface area contributed by atoms with Gasteiger partial charge in [-0.15, -0.1) is 0 Å².